The lowest BCUT2D eigenvalue weighted by atomic mass is 9.88. The van der Waals surface area contributed by atoms with Gasteiger partial charge in [0.25, 0.3) is 0 Å². The molecule has 2 nitrogen and oxygen atoms in total. The zero-order valence-electron chi connectivity index (χ0n) is 18.3. The Morgan fingerprint density at radius 2 is 1.23 bits per heavy atom. The van der Waals surface area contributed by atoms with Gasteiger partial charge in [-0.25, -0.2) is 0 Å². The standard InChI is InChI=1S/C29H32N2/c1-3-11-25(12-4-1)29(26-13-5-2-6-14-26)27-17-20-30(21-18-27)22-23-31-19-9-15-24-10-7-8-16-28(24)31/h1-8,10-14,16H,9,15,17-23H2. The number of aryl methyl sites for hydroxylation is 1. The predicted octanol–water partition coefficient (Wildman–Crippen LogP) is 6.04. The number of anilines is 1. The van der Waals surface area contributed by atoms with Crippen molar-refractivity contribution in [1.82, 2.24) is 4.90 Å². The zero-order chi connectivity index (χ0) is 20.9. The summed E-state index contributed by atoms with van der Waals surface area (Å²) in [6, 6.07) is 30.9. The maximum atomic E-state index is 2.66. The smallest absolute Gasteiger partial charge is 0.0399 e. The van der Waals surface area contributed by atoms with Crippen molar-refractivity contribution < 1.29 is 0 Å². The molecule has 3 aromatic rings. The molecule has 0 aliphatic carbocycles. The Labute approximate surface area is 186 Å². The van der Waals surface area contributed by atoms with Crippen LogP contribution in [0.2, 0.25) is 0 Å². The molecule has 0 saturated carbocycles. The average molecular weight is 409 g/mol. The second kappa shape index (κ2) is 9.53. The molecule has 2 heterocycles. The van der Waals surface area contributed by atoms with Crippen molar-refractivity contribution in [2.75, 3.05) is 37.6 Å². The van der Waals surface area contributed by atoms with Crippen LogP contribution >= 0.6 is 0 Å². The SMILES string of the molecule is c1ccc(C(=C2CCN(CCN3CCCc4ccccc43)CC2)c2ccccc2)cc1. The first-order valence-electron chi connectivity index (χ1n) is 11.8. The lowest BCUT2D eigenvalue weighted by molar-refractivity contribution is 0.261. The van der Waals surface area contributed by atoms with Crippen molar-refractivity contribution >= 4 is 11.3 Å². The van der Waals surface area contributed by atoms with Crippen molar-refractivity contribution in [3.63, 3.8) is 0 Å². The van der Waals surface area contributed by atoms with Crippen molar-refractivity contribution in [2.24, 2.45) is 0 Å². The van der Waals surface area contributed by atoms with Gasteiger partial charge in [-0.2, -0.15) is 0 Å². The van der Waals surface area contributed by atoms with Crippen LogP contribution in [0.3, 0.4) is 0 Å². The summed E-state index contributed by atoms with van der Waals surface area (Å²) in [6.45, 7) is 5.82. The summed E-state index contributed by atoms with van der Waals surface area (Å²) in [6.07, 6.45) is 4.83. The van der Waals surface area contributed by atoms with E-state index >= 15 is 0 Å². The van der Waals surface area contributed by atoms with E-state index in [-0.39, 0.29) is 0 Å². The highest BCUT2D eigenvalue weighted by Gasteiger charge is 2.21. The summed E-state index contributed by atoms with van der Waals surface area (Å²) in [5.74, 6) is 0. The summed E-state index contributed by atoms with van der Waals surface area (Å²) in [7, 11) is 0. The Balaban J connectivity index is 1.27. The zero-order valence-corrected chi connectivity index (χ0v) is 18.3. The molecule has 3 aromatic carbocycles. The number of piperidine rings is 1. The fourth-order valence-corrected chi connectivity index (χ4v) is 5.19. The van der Waals surface area contributed by atoms with Gasteiger partial charge in [0.05, 0.1) is 0 Å². The molecule has 0 unspecified atom stereocenters. The van der Waals surface area contributed by atoms with Crippen LogP contribution in [0.1, 0.15) is 36.0 Å². The molecule has 1 saturated heterocycles. The van der Waals surface area contributed by atoms with E-state index in [2.05, 4.69) is 94.7 Å². The fraction of sp³-hybridized carbons (Fsp3) is 0.310. The van der Waals surface area contributed by atoms with Crippen molar-refractivity contribution in [3.05, 3.63) is 107 Å². The van der Waals surface area contributed by atoms with Gasteiger partial charge < -0.3 is 9.80 Å². The number of hydrogen-bond acceptors (Lipinski definition) is 2. The van der Waals surface area contributed by atoms with E-state index in [4.69, 9.17) is 0 Å². The summed E-state index contributed by atoms with van der Waals surface area (Å²) >= 11 is 0. The van der Waals surface area contributed by atoms with E-state index in [1.54, 1.807) is 5.57 Å². The molecule has 0 spiro atoms. The second-order valence-corrected chi connectivity index (χ2v) is 8.77. The van der Waals surface area contributed by atoms with Gasteiger partial charge in [0.1, 0.15) is 0 Å². The Bertz CT molecular complexity index is 971. The van der Waals surface area contributed by atoms with Gasteiger partial charge in [0, 0.05) is 38.4 Å². The maximum absolute atomic E-state index is 2.66. The average Bonchev–Trinajstić information content (AvgIpc) is 2.85. The van der Waals surface area contributed by atoms with Gasteiger partial charge >= 0.3 is 0 Å². The van der Waals surface area contributed by atoms with Gasteiger partial charge in [-0.15, -0.1) is 0 Å². The summed E-state index contributed by atoms with van der Waals surface area (Å²) < 4.78 is 0. The quantitative estimate of drug-likeness (QED) is 0.508. The Kier molecular flexibility index (Phi) is 6.18. The molecule has 0 radical (unpaired) electrons. The third-order valence-electron chi connectivity index (χ3n) is 6.83. The van der Waals surface area contributed by atoms with E-state index in [1.807, 2.05) is 0 Å². The highest BCUT2D eigenvalue weighted by Crippen LogP contribution is 2.32. The van der Waals surface area contributed by atoms with Gasteiger partial charge in [-0.3, -0.25) is 0 Å². The Hall–Kier alpha value is -2.84. The van der Waals surface area contributed by atoms with Crippen LogP contribution in [0.4, 0.5) is 5.69 Å². The van der Waals surface area contributed by atoms with Crippen molar-refractivity contribution in [1.29, 1.82) is 0 Å². The molecule has 158 valence electrons. The van der Waals surface area contributed by atoms with Crippen molar-refractivity contribution in [3.8, 4) is 0 Å². The van der Waals surface area contributed by atoms with Gasteiger partial charge in [-0.1, -0.05) is 84.4 Å². The van der Waals surface area contributed by atoms with Gasteiger partial charge in [0.15, 0.2) is 0 Å². The summed E-state index contributed by atoms with van der Waals surface area (Å²) in [5.41, 5.74) is 8.74. The van der Waals surface area contributed by atoms with E-state index in [9.17, 15) is 0 Å². The third-order valence-corrected chi connectivity index (χ3v) is 6.83. The van der Waals surface area contributed by atoms with E-state index in [0.29, 0.717) is 0 Å². The molecule has 0 N–H and O–H groups in total. The van der Waals surface area contributed by atoms with Gasteiger partial charge in [-0.05, 0) is 54.0 Å². The van der Waals surface area contributed by atoms with Crippen molar-refractivity contribution in [2.45, 2.75) is 25.7 Å². The van der Waals surface area contributed by atoms with E-state index in [0.717, 1.165) is 39.0 Å². The van der Waals surface area contributed by atoms with Crippen LogP contribution in [0, 0.1) is 0 Å². The highest BCUT2D eigenvalue weighted by atomic mass is 15.2. The molecule has 0 bridgehead atoms. The maximum Gasteiger partial charge on any atom is 0.0399 e. The molecule has 5 rings (SSSR count). The number of rotatable bonds is 5. The molecular weight excluding hydrogens is 376 g/mol. The number of nitrogens with zero attached hydrogens (tertiary/aromatic N) is 2. The minimum Gasteiger partial charge on any atom is -0.370 e. The van der Waals surface area contributed by atoms with Crippen LogP contribution < -0.4 is 4.90 Å². The Morgan fingerprint density at radius 3 is 1.90 bits per heavy atom. The van der Waals surface area contributed by atoms with E-state index < -0.39 is 0 Å². The number of para-hydroxylation sites is 1. The number of hydrogen-bond donors (Lipinski definition) is 0. The summed E-state index contributed by atoms with van der Waals surface area (Å²) in [4.78, 5) is 5.26. The van der Waals surface area contributed by atoms with Crippen LogP contribution in [0.5, 0.6) is 0 Å². The van der Waals surface area contributed by atoms with Gasteiger partial charge in [0.2, 0.25) is 0 Å². The molecular formula is C29H32N2. The first-order chi connectivity index (χ1) is 15.4. The molecule has 0 aromatic heterocycles. The van der Waals surface area contributed by atoms with Crippen LogP contribution in [0.25, 0.3) is 5.57 Å². The second-order valence-electron chi connectivity index (χ2n) is 8.77. The molecule has 31 heavy (non-hydrogen) atoms. The predicted molar refractivity (Wildman–Crippen MR) is 132 cm³/mol. The lowest BCUT2D eigenvalue weighted by Crippen LogP contribution is -2.40. The molecule has 2 aliphatic heterocycles. The normalized spacial score (nSPS) is 16.8. The van der Waals surface area contributed by atoms with Crippen LogP contribution in [-0.4, -0.2) is 37.6 Å². The summed E-state index contributed by atoms with van der Waals surface area (Å²) in [5, 5.41) is 0. The molecule has 2 aliphatic rings. The third kappa shape index (κ3) is 4.60. The minimum absolute atomic E-state index is 1.14. The monoisotopic (exact) mass is 408 g/mol. The van der Waals surface area contributed by atoms with Crippen LogP contribution in [-0.2, 0) is 6.42 Å². The Morgan fingerprint density at radius 1 is 0.613 bits per heavy atom. The lowest BCUT2D eigenvalue weighted by Gasteiger charge is -2.35. The molecule has 1 fully saturated rings. The number of benzene rings is 3. The molecule has 0 atom stereocenters. The minimum atomic E-state index is 1.14. The van der Waals surface area contributed by atoms with E-state index in [1.165, 1.54) is 47.3 Å². The molecule has 0 amide bonds. The largest absolute Gasteiger partial charge is 0.370 e. The molecule has 2 heteroatoms. The topological polar surface area (TPSA) is 6.48 Å². The highest BCUT2D eigenvalue weighted by molar-refractivity contribution is 5.82. The first kappa shape index (κ1) is 20.1. The van der Waals surface area contributed by atoms with Crippen LogP contribution in [0.15, 0.2) is 90.5 Å². The number of likely N-dealkylation sites (tertiary alicyclic amines) is 1. The fourth-order valence-electron chi connectivity index (χ4n) is 5.19. The number of fused-ring (bicyclic) bond motifs is 1. The first-order valence-corrected chi connectivity index (χ1v) is 11.8.